The van der Waals surface area contributed by atoms with Gasteiger partial charge in [-0.1, -0.05) is 6.07 Å². The van der Waals surface area contributed by atoms with Crippen molar-refractivity contribution < 1.29 is 22.9 Å². The third kappa shape index (κ3) is 4.55. The molecule has 0 saturated heterocycles. The van der Waals surface area contributed by atoms with Crippen molar-refractivity contribution in [3.63, 3.8) is 0 Å². The number of nitrogens with zero attached hydrogens (tertiary/aromatic N) is 4. The minimum absolute atomic E-state index is 0.358. The maximum absolute atomic E-state index is 13.1. The van der Waals surface area contributed by atoms with E-state index in [0.717, 1.165) is 33.3 Å². The van der Waals surface area contributed by atoms with Gasteiger partial charge in [-0.3, -0.25) is 19.6 Å². The van der Waals surface area contributed by atoms with E-state index in [1.54, 1.807) is 24.3 Å². The van der Waals surface area contributed by atoms with Crippen molar-refractivity contribution in [1.82, 2.24) is 14.8 Å². The van der Waals surface area contributed by atoms with Crippen LogP contribution in [0.4, 0.5) is 24.5 Å². The summed E-state index contributed by atoms with van der Waals surface area (Å²) in [4.78, 5) is 26.8. The molecular formula is C21H16F3N5O3S. The number of carbonyl (C=O) groups is 1. The second-order valence-electron chi connectivity index (χ2n) is 7.31. The zero-order valence-electron chi connectivity index (χ0n) is 17.3. The van der Waals surface area contributed by atoms with Gasteiger partial charge in [0.15, 0.2) is 0 Å². The average Bonchev–Trinajstić information content (AvgIpc) is 3.29. The number of fused-ring (bicyclic) bond motifs is 1. The molecule has 0 atom stereocenters. The van der Waals surface area contributed by atoms with Crippen molar-refractivity contribution in [2.45, 2.75) is 26.6 Å². The number of thiazole rings is 1. The Morgan fingerprint density at radius 1 is 1.18 bits per heavy atom. The molecule has 1 amide bonds. The lowest BCUT2D eigenvalue weighted by molar-refractivity contribution is -0.388. The van der Waals surface area contributed by atoms with Crippen LogP contribution in [-0.2, 0) is 17.5 Å². The molecule has 0 radical (unpaired) electrons. The predicted molar refractivity (Wildman–Crippen MR) is 117 cm³/mol. The number of amides is 1. The molecule has 0 aliphatic carbocycles. The molecule has 0 fully saturated rings. The van der Waals surface area contributed by atoms with Crippen LogP contribution in [0.3, 0.4) is 0 Å². The summed E-state index contributed by atoms with van der Waals surface area (Å²) in [7, 11) is 0. The van der Waals surface area contributed by atoms with E-state index in [1.165, 1.54) is 11.3 Å². The molecule has 4 aromatic rings. The standard InChI is InChI=1S/C21H16F3N5O3S/c1-11-3-8-15-16(9-11)33-20(26-15)13-4-6-14(7-5-13)25-17(30)10-28-12(2)18(29(31)32)19(27-28)21(22,23)24/h3-9H,10H2,1-2H3,(H,25,30). The van der Waals surface area contributed by atoms with Gasteiger partial charge in [0.25, 0.3) is 0 Å². The summed E-state index contributed by atoms with van der Waals surface area (Å²) in [5.74, 6) is -0.674. The first-order chi connectivity index (χ1) is 15.5. The van der Waals surface area contributed by atoms with E-state index >= 15 is 0 Å². The van der Waals surface area contributed by atoms with Crippen molar-refractivity contribution >= 4 is 38.8 Å². The number of halogens is 3. The molecule has 2 aromatic carbocycles. The van der Waals surface area contributed by atoms with Crippen LogP contribution in [0.5, 0.6) is 0 Å². The van der Waals surface area contributed by atoms with Crippen molar-refractivity contribution in [2.75, 3.05) is 5.32 Å². The number of hydrogen-bond donors (Lipinski definition) is 1. The highest BCUT2D eigenvalue weighted by molar-refractivity contribution is 7.21. The zero-order valence-corrected chi connectivity index (χ0v) is 18.1. The van der Waals surface area contributed by atoms with Gasteiger partial charge in [-0.2, -0.15) is 18.3 Å². The van der Waals surface area contributed by atoms with Gasteiger partial charge in [0.2, 0.25) is 11.6 Å². The first-order valence-electron chi connectivity index (χ1n) is 9.59. The Hall–Kier alpha value is -3.80. The number of benzene rings is 2. The molecule has 0 unspecified atom stereocenters. The number of aromatic nitrogens is 3. The SMILES string of the molecule is Cc1ccc2nc(-c3ccc(NC(=O)Cn4nc(C(F)(F)F)c([N+](=O)[O-])c4C)cc3)sc2c1. The first kappa shape index (κ1) is 22.4. The Bertz CT molecular complexity index is 1380. The van der Waals surface area contributed by atoms with Gasteiger partial charge in [-0.25, -0.2) is 4.98 Å². The number of nitro groups is 1. The fraction of sp³-hybridized carbons (Fsp3) is 0.190. The highest BCUT2D eigenvalue weighted by Gasteiger charge is 2.44. The van der Waals surface area contributed by atoms with E-state index in [0.29, 0.717) is 10.4 Å². The van der Waals surface area contributed by atoms with Gasteiger partial charge in [0.1, 0.15) is 17.2 Å². The van der Waals surface area contributed by atoms with Crippen LogP contribution in [0.25, 0.3) is 20.8 Å². The van der Waals surface area contributed by atoms with Gasteiger partial charge >= 0.3 is 11.9 Å². The average molecular weight is 475 g/mol. The molecule has 0 aliphatic rings. The summed E-state index contributed by atoms with van der Waals surface area (Å²) in [5.41, 5.74) is 0.134. The molecule has 170 valence electrons. The minimum atomic E-state index is -5.01. The third-order valence-electron chi connectivity index (χ3n) is 4.88. The fourth-order valence-electron chi connectivity index (χ4n) is 3.29. The van der Waals surface area contributed by atoms with E-state index in [2.05, 4.69) is 21.5 Å². The second-order valence-corrected chi connectivity index (χ2v) is 8.34. The van der Waals surface area contributed by atoms with Gasteiger partial charge in [-0.15, -0.1) is 11.3 Å². The Morgan fingerprint density at radius 2 is 1.88 bits per heavy atom. The summed E-state index contributed by atoms with van der Waals surface area (Å²) in [6.07, 6.45) is -5.01. The van der Waals surface area contributed by atoms with E-state index in [9.17, 15) is 28.1 Å². The van der Waals surface area contributed by atoms with Crippen molar-refractivity contribution in [1.29, 1.82) is 0 Å². The monoisotopic (exact) mass is 475 g/mol. The van der Waals surface area contributed by atoms with Gasteiger partial charge in [-0.05, 0) is 55.8 Å². The van der Waals surface area contributed by atoms with E-state index < -0.39 is 34.9 Å². The number of carbonyl (C=O) groups excluding carboxylic acids is 1. The Labute approximate surface area is 188 Å². The molecule has 1 N–H and O–H groups in total. The van der Waals surface area contributed by atoms with E-state index in [-0.39, 0.29) is 5.69 Å². The van der Waals surface area contributed by atoms with E-state index in [4.69, 9.17) is 0 Å². The molecule has 0 saturated carbocycles. The van der Waals surface area contributed by atoms with Crippen LogP contribution in [0.2, 0.25) is 0 Å². The van der Waals surface area contributed by atoms with Crippen molar-refractivity contribution in [3.8, 4) is 10.6 Å². The van der Waals surface area contributed by atoms with Gasteiger partial charge in [0.05, 0.1) is 15.1 Å². The molecule has 12 heteroatoms. The van der Waals surface area contributed by atoms with Crippen LogP contribution in [0.15, 0.2) is 42.5 Å². The maximum atomic E-state index is 13.1. The van der Waals surface area contributed by atoms with Crippen LogP contribution in [0, 0.1) is 24.0 Å². The smallest absolute Gasteiger partial charge is 0.324 e. The molecule has 2 heterocycles. The minimum Gasteiger partial charge on any atom is -0.324 e. The zero-order chi connectivity index (χ0) is 23.9. The van der Waals surface area contributed by atoms with Crippen LogP contribution in [0.1, 0.15) is 17.0 Å². The molecule has 8 nitrogen and oxygen atoms in total. The highest BCUT2D eigenvalue weighted by Crippen LogP contribution is 2.37. The number of aryl methyl sites for hydroxylation is 1. The Morgan fingerprint density at radius 3 is 2.48 bits per heavy atom. The molecule has 2 aromatic heterocycles. The topological polar surface area (TPSA) is 103 Å². The predicted octanol–water partition coefficient (Wildman–Crippen LogP) is 5.34. The molecule has 4 rings (SSSR count). The first-order valence-corrected chi connectivity index (χ1v) is 10.4. The summed E-state index contributed by atoms with van der Waals surface area (Å²) in [5, 5.41) is 17.7. The van der Waals surface area contributed by atoms with Crippen molar-refractivity contribution in [2.24, 2.45) is 0 Å². The number of hydrogen-bond acceptors (Lipinski definition) is 6. The quantitative estimate of drug-likeness (QED) is 0.310. The summed E-state index contributed by atoms with van der Waals surface area (Å²) < 4.78 is 40.9. The van der Waals surface area contributed by atoms with Crippen LogP contribution < -0.4 is 5.32 Å². The van der Waals surface area contributed by atoms with Gasteiger partial charge in [0, 0.05) is 11.3 Å². The lowest BCUT2D eigenvalue weighted by Gasteiger charge is -2.07. The molecule has 0 bridgehead atoms. The number of nitrogens with one attached hydrogen (secondary N) is 1. The van der Waals surface area contributed by atoms with Gasteiger partial charge < -0.3 is 5.32 Å². The van der Waals surface area contributed by atoms with Crippen LogP contribution in [-0.4, -0.2) is 25.6 Å². The van der Waals surface area contributed by atoms with Crippen molar-refractivity contribution in [3.05, 3.63) is 69.5 Å². The molecule has 33 heavy (non-hydrogen) atoms. The second kappa shape index (κ2) is 8.28. The molecule has 0 aliphatic heterocycles. The number of alkyl halides is 3. The Balaban J connectivity index is 1.50. The number of rotatable bonds is 5. The van der Waals surface area contributed by atoms with E-state index in [1.807, 2.05) is 19.1 Å². The largest absolute Gasteiger partial charge is 0.442 e. The lowest BCUT2D eigenvalue weighted by Crippen LogP contribution is -2.20. The molecular weight excluding hydrogens is 459 g/mol. The normalized spacial score (nSPS) is 11.7. The summed E-state index contributed by atoms with van der Waals surface area (Å²) in [6.45, 7) is 2.51. The molecule has 0 spiro atoms. The highest BCUT2D eigenvalue weighted by atomic mass is 32.1. The number of anilines is 1. The summed E-state index contributed by atoms with van der Waals surface area (Å²) in [6, 6.07) is 12.8. The Kier molecular flexibility index (Phi) is 5.62. The maximum Gasteiger partial charge on any atom is 0.442 e. The lowest BCUT2D eigenvalue weighted by atomic mass is 10.2. The van der Waals surface area contributed by atoms with Crippen LogP contribution >= 0.6 is 11.3 Å². The third-order valence-corrected chi connectivity index (χ3v) is 5.95. The summed E-state index contributed by atoms with van der Waals surface area (Å²) >= 11 is 1.54. The fourth-order valence-corrected chi connectivity index (χ4v) is 4.36.